The third kappa shape index (κ3) is 3.41. The number of nitrogen functional groups attached to an aromatic ring is 1. The first-order chi connectivity index (χ1) is 9.96. The van der Waals surface area contributed by atoms with Gasteiger partial charge in [0.15, 0.2) is 11.6 Å². The number of nitrogens with two attached hydrogens (primary N) is 1. The van der Waals surface area contributed by atoms with E-state index < -0.39 is 15.8 Å². The highest BCUT2D eigenvalue weighted by Crippen LogP contribution is 2.23. The Balaban J connectivity index is 2.26. The van der Waals surface area contributed by atoms with E-state index in [-0.39, 0.29) is 16.3 Å². The van der Waals surface area contributed by atoms with E-state index >= 15 is 0 Å². The summed E-state index contributed by atoms with van der Waals surface area (Å²) in [5.74, 6) is 4.59. The molecule has 0 fully saturated rings. The lowest BCUT2D eigenvalue weighted by molar-refractivity contribution is 0.386. The Labute approximate surface area is 121 Å². The normalized spacial score (nSPS) is 11.0. The Morgan fingerprint density at radius 2 is 1.71 bits per heavy atom. The number of benzene rings is 2. The maximum atomic E-state index is 13.5. The summed E-state index contributed by atoms with van der Waals surface area (Å²) in [5, 5.41) is 0. The van der Waals surface area contributed by atoms with Crippen LogP contribution in [0.1, 0.15) is 0 Å². The van der Waals surface area contributed by atoms with Crippen LogP contribution in [-0.4, -0.2) is 15.5 Å². The van der Waals surface area contributed by atoms with Gasteiger partial charge >= 0.3 is 0 Å². The standard InChI is InChI=1S/C13H14FN3O3S/c1-20-13-7-4-10(8-12(13)14)17-21(18,19)11-5-2-9(16-15)3-6-11/h2-8,16-17H,15H2,1H3. The highest BCUT2D eigenvalue weighted by molar-refractivity contribution is 7.92. The van der Waals surface area contributed by atoms with Crippen molar-refractivity contribution in [2.45, 2.75) is 4.90 Å². The maximum Gasteiger partial charge on any atom is 0.261 e. The Morgan fingerprint density at radius 3 is 2.24 bits per heavy atom. The van der Waals surface area contributed by atoms with Gasteiger partial charge in [-0.3, -0.25) is 10.6 Å². The van der Waals surface area contributed by atoms with E-state index in [0.717, 1.165) is 6.07 Å². The molecule has 0 amide bonds. The van der Waals surface area contributed by atoms with E-state index in [9.17, 15) is 12.8 Å². The lowest BCUT2D eigenvalue weighted by Crippen LogP contribution is -2.13. The molecule has 0 aliphatic carbocycles. The topological polar surface area (TPSA) is 93.4 Å². The minimum Gasteiger partial charge on any atom is -0.494 e. The van der Waals surface area contributed by atoms with Gasteiger partial charge in [-0.15, -0.1) is 0 Å². The van der Waals surface area contributed by atoms with E-state index in [1.54, 1.807) is 0 Å². The number of anilines is 2. The van der Waals surface area contributed by atoms with Crippen LogP contribution in [0.4, 0.5) is 15.8 Å². The molecule has 0 aliphatic rings. The van der Waals surface area contributed by atoms with Crippen LogP contribution < -0.4 is 20.7 Å². The molecule has 0 spiro atoms. The molecule has 0 saturated carbocycles. The highest BCUT2D eigenvalue weighted by atomic mass is 32.2. The van der Waals surface area contributed by atoms with Gasteiger partial charge in [0.05, 0.1) is 17.7 Å². The number of ether oxygens (including phenoxy) is 1. The fraction of sp³-hybridized carbons (Fsp3) is 0.0769. The molecule has 0 bridgehead atoms. The van der Waals surface area contributed by atoms with Gasteiger partial charge in [0.1, 0.15) is 0 Å². The fourth-order valence-corrected chi connectivity index (χ4v) is 2.72. The first-order valence-electron chi connectivity index (χ1n) is 5.89. The number of hydrogen-bond donors (Lipinski definition) is 3. The van der Waals surface area contributed by atoms with E-state index in [1.807, 2.05) is 0 Å². The zero-order chi connectivity index (χ0) is 15.5. The fourth-order valence-electron chi connectivity index (χ4n) is 1.67. The molecule has 0 saturated heterocycles. The van der Waals surface area contributed by atoms with Crippen LogP contribution in [-0.2, 0) is 10.0 Å². The van der Waals surface area contributed by atoms with Gasteiger partial charge in [-0.2, -0.15) is 0 Å². The zero-order valence-corrected chi connectivity index (χ0v) is 11.9. The second kappa shape index (κ2) is 5.98. The maximum absolute atomic E-state index is 13.5. The van der Waals surface area contributed by atoms with Crippen molar-refractivity contribution >= 4 is 21.4 Å². The van der Waals surface area contributed by atoms with Crippen molar-refractivity contribution in [2.24, 2.45) is 5.84 Å². The monoisotopic (exact) mass is 311 g/mol. The number of hydrazine groups is 1. The first kappa shape index (κ1) is 15.1. The molecule has 0 unspecified atom stereocenters. The molecule has 21 heavy (non-hydrogen) atoms. The average molecular weight is 311 g/mol. The van der Waals surface area contributed by atoms with Gasteiger partial charge in [0, 0.05) is 11.8 Å². The van der Waals surface area contributed by atoms with Crippen molar-refractivity contribution in [3.8, 4) is 5.75 Å². The molecule has 2 aromatic rings. The van der Waals surface area contributed by atoms with Crippen molar-refractivity contribution in [2.75, 3.05) is 17.3 Å². The van der Waals surface area contributed by atoms with Gasteiger partial charge in [-0.1, -0.05) is 0 Å². The van der Waals surface area contributed by atoms with Crippen molar-refractivity contribution in [3.63, 3.8) is 0 Å². The van der Waals surface area contributed by atoms with Crippen LogP contribution in [0.2, 0.25) is 0 Å². The van der Waals surface area contributed by atoms with Crippen LogP contribution in [0.25, 0.3) is 0 Å². The Bertz CT molecular complexity index is 733. The van der Waals surface area contributed by atoms with Gasteiger partial charge in [-0.25, -0.2) is 12.8 Å². The molecule has 8 heteroatoms. The molecule has 0 radical (unpaired) electrons. The molecule has 0 heterocycles. The third-order valence-corrected chi connectivity index (χ3v) is 4.13. The van der Waals surface area contributed by atoms with Crippen molar-refractivity contribution < 1.29 is 17.5 Å². The molecule has 2 rings (SSSR count). The number of sulfonamides is 1. The molecule has 0 atom stereocenters. The molecular weight excluding hydrogens is 297 g/mol. The second-order valence-electron chi connectivity index (χ2n) is 4.12. The summed E-state index contributed by atoms with van der Waals surface area (Å²) < 4.78 is 44.9. The predicted octanol–water partition coefficient (Wildman–Crippen LogP) is 1.92. The lowest BCUT2D eigenvalue weighted by atomic mass is 10.3. The van der Waals surface area contributed by atoms with E-state index in [1.165, 1.54) is 43.5 Å². The SMILES string of the molecule is COc1ccc(NS(=O)(=O)c2ccc(NN)cc2)cc1F. The molecule has 2 aromatic carbocycles. The Kier molecular flexibility index (Phi) is 4.29. The number of halogens is 1. The van der Waals surface area contributed by atoms with Crippen LogP contribution in [0.15, 0.2) is 47.4 Å². The molecule has 6 nitrogen and oxygen atoms in total. The number of methoxy groups -OCH3 is 1. The average Bonchev–Trinajstić information content (AvgIpc) is 2.47. The Morgan fingerprint density at radius 1 is 1.10 bits per heavy atom. The molecular formula is C13H14FN3O3S. The smallest absolute Gasteiger partial charge is 0.261 e. The number of hydrogen-bond acceptors (Lipinski definition) is 5. The predicted molar refractivity (Wildman–Crippen MR) is 78.0 cm³/mol. The van der Waals surface area contributed by atoms with Crippen molar-refractivity contribution in [1.29, 1.82) is 0 Å². The first-order valence-corrected chi connectivity index (χ1v) is 7.37. The van der Waals surface area contributed by atoms with E-state index in [4.69, 9.17) is 10.6 Å². The van der Waals surface area contributed by atoms with Gasteiger partial charge in [0.25, 0.3) is 10.0 Å². The third-order valence-electron chi connectivity index (χ3n) is 2.74. The Hall–Kier alpha value is -2.32. The molecule has 112 valence electrons. The second-order valence-corrected chi connectivity index (χ2v) is 5.81. The summed E-state index contributed by atoms with van der Waals surface area (Å²) in [6.07, 6.45) is 0. The van der Waals surface area contributed by atoms with Crippen LogP contribution in [0.5, 0.6) is 5.75 Å². The lowest BCUT2D eigenvalue weighted by Gasteiger charge is -2.10. The summed E-state index contributed by atoms with van der Waals surface area (Å²) in [5.41, 5.74) is 3.08. The minimum absolute atomic E-state index is 0.0383. The van der Waals surface area contributed by atoms with Crippen LogP contribution in [0, 0.1) is 5.82 Å². The van der Waals surface area contributed by atoms with Gasteiger partial charge in [0.2, 0.25) is 0 Å². The van der Waals surface area contributed by atoms with E-state index in [2.05, 4.69) is 10.1 Å². The number of nitrogens with one attached hydrogen (secondary N) is 2. The minimum atomic E-state index is -3.80. The van der Waals surface area contributed by atoms with E-state index in [0.29, 0.717) is 5.69 Å². The molecule has 0 aliphatic heterocycles. The quantitative estimate of drug-likeness (QED) is 0.579. The van der Waals surface area contributed by atoms with Crippen molar-refractivity contribution in [1.82, 2.24) is 0 Å². The van der Waals surface area contributed by atoms with Gasteiger partial charge in [-0.05, 0) is 36.4 Å². The summed E-state index contributed by atoms with van der Waals surface area (Å²) in [6, 6.07) is 9.61. The van der Waals surface area contributed by atoms with Crippen LogP contribution in [0.3, 0.4) is 0 Å². The number of rotatable bonds is 5. The highest BCUT2D eigenvalue weighted by Gasteiger charge is 2.15. The summed E-state index contributed by atoms with van der Waals surface area (Å²) in [7, 11) is -2.47. The molecule has 0 aromatic heterocycles. The summed E-state index contributed by atoms with van der Waals surface area (Å²) in [6.45, 7) is 0. The largest absolute Gasteiger partial charge is 0.494 e. The molecule has 4 N–H and O–H groups in total. The summed E-state index contributed by atoms with van der Waals surface area (Å²) in [4.78, 5) is 0.0396. The van der Waals surface area contributed by atoms with Gasteiger partial charge < -0.3 is 10.2 Å². The zero-order valence-electron chi connectivity index (χ0n) is 11.1. The van der Waals surface area contributed by atoms with Crippen LogP contribution >= 0.6 is 0 Å². The van der Waals surface area contributed by atoms with Crippen molar-refractivity contribution in [3.05, 3.63) is 48.3 Å². The summed E-state index contributed by atoms with van der Waals surface area (Å²) >= 11 is 0.